The first-order valence-corrected chi connectivity index (χ1v) is 11.2. The molecule has 2 aromatic carbocycles. The highest BCUT2D eigenvalue weighted by Gasteiger charge is 2.52. The molecule has 0 N–H and O–H groups in total. The van der Waals surface area contributed by atoms with Gasteiger partial charge in [0.25, 0.3) is 0 Å². The van der Waals surface area contributed by atoms with Crippen molar-refractivity contribution in [3.05, 3.63) is 64.7 Å². The van der Waals surface area contributed by atoms with E-state index in [0.29, 0.717) is 19.0 Å². The van der Waals surface area contributed by atoms with E-state index in [1.807, 2.05) is 24.3 Å². The van der Waals surface area contributed by atoms with Gasteiger partial charge in [-0.3, -0.25) is 4.79 Å². The predicted molar refractivity (Wildman–Crippen MR) is 126 cm³/mol. The lowest BCUT2D eigenvalue weighted by Crippen LogP contribution is -2.41. The second-order valence-electron chi connectivity index (χ2n) is 9.33. The van der Waals surface area contributed by atoms with Gasteiger partial charge in [-0.1, -0.05) is 42.5 Å². The Balaban J connectivity index is 1.56. The molecule has 0 amide bonds. The fraction of sp³-hybridized carbons (Fsp3) is 0.423. The molecule has 0 spiro atoms. The fourth-order valence-corrected chi connectivity index (χ4v) is 4.05. The molecule has 5 nitrogen and oxygen atoms in total. The van der Waals surface area contributed by atoms with Crippen LogP contribution < -0.4 is 10.2 Å². The summed E-state index contributed by atoms with van der Waals surface area (Å²) < 4.78 is 23.9. The summed E-state index contributed by atoms with van der Waals surface area (Å²) >= 11 is 0. The summed E-state index contributed by atoms with van der Waals surface area (Å²) in [6, 6.07) is 11.9. The van der Waals surface area contributed by atoms with Crippen molar-refractivity contribution in [2.75, 3.05) is 6.61 Å². The van der Waals surface area contributed by atoms with Crippen LogP contribution in [0.3, 0.4) is 0 Å². The molecule has 168 valence electrons. The van der Waals surface area contributed by atoms with Crippen molar-refractivity contribution < 1.29 is 23.6 Å². The lowest BCUT2D eigenvalue weighted by atomic mass is 9.74. The SMILES string of the molecule is CCOC(=O)Cc1ccccc1OCc1cc2c(c(B3OC(C)(C)C(C)(C)O3)c1)C=CC2. The number of ether oxygens (including phenoxy) is 2. The first-order chi connectivity index (χ1) is 15.2. The molecule has 0 radical (unpaired) electrons. The van der Waals surface area contributed by atoms with Crippen molar-refractivity contribution in [2.45, 2.75) is 65.3 Å². The second-order valence-corrected chi connectivity index (χ2v) is 9.33. The highest BCUT2D eigenvalue weighted by Crippen LogP contribution is 2.37. The number of benzene rings is 2. The number of fused-ring (bicyclic) bond motifs is 1. The first kappa shape index (κ1) is 22.6. The van der Waals surface area contributed by atoms with Gasteiger partial charge in [0.15, 0.2) is 0 Å². The topological polar surface area (TPSA) is 54.0 Å². The monoisotopic (exact) mass is 434 g/mol. The van der Waals surface area contributed by atoms with Gasteiger partial charge in [0.1, 0.15) is 12.4 Å². The van der Waals surface area contributed by atoms with E-state index in [-0.39, 0.29) is 12.4 Å². The van der Waals surface area contributed by atoms with E-state index < -0.39 is 18.3 Å². The molecule has 1 saturated heterocycles. The summed E-state index contributed by atoms with van der Waals surface area (Å²) in [5, 5.41) is 0. The molecule has 32 heavy (non-hydrogen) atoms. The molecule has 1 aliphatic heterocycles. The quantitative estimate of drug-likeness (QED) is 0.482. The average molecular weight is 434 g/mol. The van der Waals surface area contributed by atoms with E-state index in [9.17, 15) is 4.79 Å². The minimum absolute atomic E-state index is 0.192. The summed E-state index contributed by atoms with van der Waals surface area (Å²) in [6.45, 7) is 10.8. The Kier molecular flexibility index (Phi) is 6.19. The molecular formula is C26H31BO5. The van der Waals surface area contributed by atoms with Crippen molar-refractivity contribution in [3.63, 3.8) is 0 Å². The number of allylic oxidation sites excluding steroid dienone is 1. The average Bonchev–Trinajstić information content (AvgIpc) is 3.28. The lowest BCUT2D eigenvalue weighted by Gasteiger charge is -2.32. The van der Waals surface area contributed by atoms with Gasteiger partial charge in [0.05, 0.1) is 24.2 Å². The Morgan fingerprint density at radius 2 is 1.81 bits per heavy atom. The summed E-state index contributed by atoms with van der Waals surface area (Å²) in [4.78, 5) is 12.0. The number of hydrogen-bond donors (Lipinski definition) is 0. The summed E-state index contributed by atoms with van der Waals surface area (Å²) in [5.74, 6) is 0.437. The second kappa shape index (κ2) is 8.76. The van der Waals surface area contributed by atoms with Crippen LogP contribution in [0, 0.1) is 0 Å². The maximum atomic E-state index is 12.0. The van der Waals surface area contributed by atoms with Crippen molar-refractivity contribution in [3.8, 4) is 5.75 Å². The van der Waals surface area contributed by atoms with Crippen LogP contribution in [-0.4, -0.2) is 30.9 Å². The van der Waals surface area contributed by atoms with Crippen LogP contribution in [0.25, 0.3) is 6.08 Å². The van der Waals surface area contributed by atoms with E-state index >= 15 is 0 Å². The molecule has 0 bridgehead atoms. The Bertz CT molecular complexity index is 1020. The Labute approximate surface area is 190 Å². The minimum Gasteiger partial charge on any atom is -0.489 e. The van der Waals surface area contributed by atoms with Gasteiger partial charge in [0, 0.05) is 5.56 Å². The van der Waals surface area contributed by atoms with Crippen LogP contribution in [0.4, 0.5) is 0 Å². The van der Waals surface area contributed by atoms with E-state index in [4.69, 9.17) is 18.8 Å². The molecule has 6 heteroatoms. The zero-order valence-electron chi connectivity index (χ0n) is 19.6. The number of hydrogen-bond acceptors (Lipinski definition) is 5. The first-order valence-electron chi connectivity index (χ1n) is 11.2. The molecule has 0 unspecified atom stereocenters. The van der Waals surface area contributed by atoms with E-state index in [2.05, 4.69) is 52.0 Å². The van der Waals surface area contributed by atoms with Crippen LogP contribution in [0.15, 0.2) is 42.5 Å². The summed E-state index contributed by atoms with van der Waals surface area (Å²) in [6.07, 6.45) is 5.39. The third-order valence-electron chi connectivity index (χ3n) is 6.49. The zero-order chi connectivity index (χ0) is 22.9. The third kappa shape index (κ3) is 4.48. The Morgan fingerprint density at radius 1 is 1.09 bits per heavy atom. The highest BCUT2D eigenvalue weighted by molar-refractivity contribution is 6.63. The Hall–Kier alpha value is -2.57. The number of carbonyl (C=O) groups is 1. The van der Waals surface area contributed by atoms with Gasteiger partial charge in [-0.2, -0.15) is 0 Å². The Morgan fingerprint density at radius 3 is 2.53 bits per heavy atom. The number of rotatable bonds is 7. The molecule has 4 rings (SSSR count). The van der Waals surface area contributed by atoms with Gasteiger partial charge in [0.2, 0.25) is 0 Å². The van der Waals surface area contributed by atoms with Gasteiger partial charge in [-0.15, -0.1) is 0 Å². The van der Waals surface area contributed by atoms with E-state index in [1.165, 1.54) is 11.1 Å². The molecule has 1 heterocycles. The molecule has 1 fully saturated rings. The van der Waals surface area contributed by atoms with Crippen LogP contribution in [0.1, 0.15) is 56.9 Å². The molecular weight excluding hydrogens is 403 g/mol. The van der Waals surface area contributed by atoms with Crippen LogP contribution in [-0.2, 0) is 38.3 Å². The summed E-state index contributed by atoms with van der Waals surface area (Å²) in [5.41, 5.74) is 4.53. The minimum atomic E-state index is -0.424. The molecule has 2 aliphatic rings. The maximum absolute atomic E-state index is 12.0. The van der Waals surface area contributed by atoms with Gasteiger partial charge >= 0.3 is 13.1 Å². The van der Waals surface area contributed by atoms with Crippen molar-refractivity contribution in [1.29, 1.82) is 0 Å². The van der Waals surface area contributed by atoms with Gasteiger partial charge < -0.3 is 18.8 Å². The fourth-order valence-electron chi connectivity index (χ4n) is 4.05. The number of carbonyl (C=O) groups excluding carboxylic acids is 1. The summed E-state index contributed by atoms with van der Waals surface area (Å²) in [7, 11) is -0.424. The van der Waals surface area contributed by atoms with Gasteiger partial charge in [-0.05, 0) is 69.3 Å². The van der Waals surface area contributed by atoms with Crippen molar-refractivity contribution in [2.24, 2.45) is 0 Å². The predicted octanol–water partition coefficient (Wildman–Crippen LogP) is 4.24. The van der Waals surface area contributed by atoms with Crippen molar-refractivity contribution in [1.82, 2.24) is 0 Å². The molecule has 0 saturated carbocycles. The standard InChI is InChI=1S/C26H31BO5/c1-6-29-24(28)16-20-10-7-8-13-23(20)30-17-18-14-19-11-9-12-21(19)22(15-18)27-31-25(2,3)26(4,5)32-27/h7-10,12-15H,6,11,16-17H2,1-5H3. The largest absolute Gasteiger partial charge is 0.495 e. The molecule has 2 aromatic rings. The smallest absolute Gasteiger partial charge is 0.489 e. The van der Waals surface area contributed by atoms with Crippen LogP contribution >= 0.6 is 0 Å². The number of esters is 1. The van der Waals surface area contributed by atoms with Crippen LogP contribution in [0.5, 0.6) is 5.75 Å². The molecule has 1 aliphatic carbocycles. The van der Waals surface area contributed by atoms with Crippen LogP contribution in [0.2, 0.25) is 0 Å². The highest BCUT2D eigenvalue weighted by atomic mass is 16.7. The third-order valence-corrected chi connectivity index (χ3v) is 6.49. The molecule has 0 atom stereocenters. The van der Waals surface area contributed by atoms with Crippen molar-refractivity contribution >= 4 is 24.6 Å². The molecule has 0 aromatic heterocycles. The lowest BCUT2D eigenvalue weighted by molar-refractivity contribution is -0.142. The van der Waals surface area contributed by atoms with Gasteiger partial charge in [-0.25, -0.2) is 0 Å². The number of para-hydroxylation sites is 1. The van der Waals surface area contributed by atoms with E-state index in [0.717, 1.165) is 23.0 Å². The maximum Gasteiger partial charge on any atom is 0.495 e. The van der Waals surface area contributed by atoms with E-state index in [1.54, 1.807) is 6.92 Å². The normalized spacial score (nSPS) is 18.0. The zero-order valence-corrected chi connectivity index (χ0v) is 19.6.